The Morgan fingerprint density at radius 1 is 0.968 bits per heavy atom. The summed E-state index contributed by atoms with van der Waals surface area (Å²) < 4.78 is 37.4. The molecule has 0 spiro atoms. The zero-order valence-corrected chi connectivity index (χ0v) is 19.9. The van der Waals surface area contributed by atoms with Gasteiger partial charge in [0.05, 0.1) is 45.8 Å². The Balaban J connectivity index is 0.00000272. The second-order valence-corrected chi connectivity index (χ2v) is 8.45. The fourth-order valence-corrected chi connectivity index (χ4v) is 3.67. The van der Waals surface area contributed by atoms with Crippen LogP contribution < -0.4 is 40.6 Å². The number of pyridine rings is 1. The normalized spacial score (nSPS) is 11.4. The number of hydrogen-bond acceptors (Lipinski definition) is 7. The molecule has 0 bridgehead atoms. The van der Waals surface area contributed by atoms with E-state index in [0.717, 1.165) is 38.7 Å². The SMILES string of the molecule is Nc1cc(COCCS(=O)(=O)[O-])cc(Nc2c3ccccc3nc3ccccc23)c1.[Na+]. The number of nitrogens with one attached hydrogen (secondary N) is 1. The van der Waals surface area contributed by atoms with Gasteiger partial charge in [-0.25, -0.2) is 13.4 Å². The van der Waals surface area contributed by atoms with Gasteiger partial charge in [0.1, 0.15) is 0 Å². The number of benzene rings is 3. The maximum absolute atomic E-state index is 10.7. The van der Waals surface area contributed by atoms with Crippen LogP contribution >= 0.6 is 0 Å². The average molecular weight is 445 g/mol. The molecule has 0 saturated carbocycles. The second-order valence-electron chi connectivity index (χ2n) is 6.92. The summed E-state index contributed by atoms with van der Waals surface area (Å²) in [6.07, 6.45) is 0. The first kappa shape index (κ1) is 23.5. The van der Waals surface area contributed by atoms with Crippen LogP contribution in [-0.2, 0) is 21.5 Å². The van der Waals surface area contributed by atoms with Gasteiger partial charge in [-0.3, -0.25) is 0 Å². The predicted molar refractivity (Wildman–Crippen MR) is 118 cm³/mol. The van der Waals surface area contributed by atoms with Crippen molar-refractivity contribution in [1.82, 2.24) is 4.98 Å². The van der Waals surface area contributed by atoms with E-state index in [1.807, 2.05) is 60.7 Å². The minimum atomic E-state index is -4.30. The van der Waals surface area contributed by atoms with Gasteiger partial charge in [-0.1, -0.05) is 36.4 Å². The molecule has 3 N–H and O–H groups in total. The molecule has 7 nitrogen and oxygen atoms in total. The van der Waals surface area contributed by atoms with Gasteiger partial charge >= 0.3 is 29.6 Å². The van der Waals surface area contributed by atoms with Crippen molar-refractivity contribution in [3.05, 3.63) is 72.3 Å². The number of nitrogens with zero attached hydrogens (tertiary/aromatic N) is 1. The zero-order valence-electron chi connectivity index (χ0n) is 17.0. The molecule has 0 saturated heterocycles. The van der Waals surface area contributed by atoms with E-state index < -0.39 is 15.9 Å². The molecular formula is C22H20N3NaO4S. The Bertz CT molecular complexity index is 1280. The maximum Gasteiger partial charge on any atom is 1.00 e. The summed E-state index contributed by atoms with van der Waals surface area (Å²) in [6, 6.07) is 21.2. The van der Waals surface area contributed by atoms with E-state index in [-0.39, 0.29) is 42.8 Å². The molecule has 0 unspecified atom stereocenters. The molecule has 4 rings (SSSR count). The molecule has 1 heterocycles. The van der Waals surface area contributed by atoms with Crippen molar-refractivity contribution in [3.63, 3.8) is 0 Å². The first-order valence-corrected chi connectivity index (χ1v) is 10.9. The molecule has 9 heteroatoms. The molecule has 0 amide bonds. The number of anilines is 3. The van der Waals surface area contributed by atoms with Crippen molar-refractivity contribution in [2.75, 3.05) is 23.4 Å². The van der Waals surface area contributed by atoms with Crippen LogP contribution in [0.2, 0.25) is 0 Å². The Morgan fingerprint density at radius 3 is 2.19 bits per heavy atom. The first-order chi connectivity index (χ1) is 14.4. The third-order valence-electron chi connectivity index (χ3n) is 4.62. The van der Waals surface area contributed by atoms with E-state index >= 15 is 0 Å². The number of hydrogen-bond donors (Lipinski definition) is 2. The van der Waals surface area contributed by atoms with E-state index in [0.29, 0.717) is 5.69 Å². The molecule has 1 aromatic heterocycles. The summed E-state index contributed by atoms with van der Waals surface area (Å²) >= 11 is 0. The molecule has 0 radical (unpaired) electrons. The van der Waals surface area contributed by atoms with Crippen molar-refractivity contribution in [2.24, 2.45) is 0 Å². The standard InChI is InChI=1S/C22H21N3O4S.Na/c23-16-11-15(14-29-9-10-30(26,27)28)12-17(13-16)24-22-18-5-1-3-7-20(18)25-21-8-4-2-6-19(21)22;/h1-8,11-13H,9-10,14,23H2,(H,24,25)(H,26,27,28);/q;+1/p-1. The fraction of sp³-hybridized carbons (Fsp3) is 0.136. The fourth-order valence-electron chi connectivity index (χ4n) is 3.34. The van der Waals surface area contributed by atoms with Crippen LogP contribution in [0.1, 0.15) is 5.56 Å². The van der Waals surface area contributed by atoms with Crippen molar-refractivity contribution < 1.29 is 47.3 Å². The predicted octanol–water partition coefficient (Wildman–Crippen LogP) is 0.780. The quantitative estimate of drug-likeness (QED) is 0.142. The van der Waals surface area contributed by atoms with E-state index in [4.69, 9.17) is 15.5 Å². The molecular weight excluding hydrogens is 425 g/mol. The number of fused-ring (bicyclic) bond motifs is 2. The molecule has 0 fully saturated rings. The Hall–Kier alpha value is -2.20. The van der Waals surface area contributed by atoms with Gasteiger partial charge in [0.2, 0.25) is 0 Å². The van der Waals surface area contributed by atoms with Crippen molar-refractivity contribution >= 4 is 49.0 Å². The Kier molecular flexibility index (Phi) is 7.53. The summed E-state index contributed by atoms with van der Waals surface area (Å²) in [5.41, 5.74) is 10.8. The molecule has 0 atom stereocenters. The van der Waals surface area contributed by atoms with Gasteiger partial charge < -0.3 is 20.3 Å². The first-order valence-electron chi connectivity index (χ1n) is 9.34. The van der Waals surface area contributed by atoms with Gasteiger partial charge in [0.25, 0.3) is 0 Å². The third kappa shape index (κ3) is 5.94. The monoisotopic (exact) mass is 445 g/mol. The largest absolute Gasteiger partial charge is 1.00 e. The minimum Gasteiger partial charge on any atom is -0.748 e. The van der Waals surface area contributed by atoms with Crippen molar-refractivity contribution in [1.29, 1.82) is 0 Å². The second kappa shape index (κ2) is 9.95. The Morgan fingerprint density at radius 2 is 1.58 bits per heavy atom. The van der Waals surface area contributed by atoms with Crippen LogP contribution in [0.3, 0.4) is 0 Å². The zero-order chi connectivity index (χ0) is 21.1. The molecule has 0 aliphatic heterocycles. The van der Waals surface area contributed by atoms with E-state index in [1.165, 1.54) is 0 Å². The smallest absolute Gasteiger partial charge is 0.748 e. The summed E-state index contributed by atoms with van der Waals surface area (Å²) in [4.78, 5) is 4.73. The van der Waals surface area contributed by atoms with Crippen LogP contribution in [0.25, 0.3) is 21.8 Å². The summed E-state index contributed by atoms with van der Waals surface area (Å²) in [7, 11) is -4.30. The van der Waals surface area contributed by atoms with E-state index in [2.05, 4.69) is 5.32 Å². The average Bonchev–Trinajstić information content (AvgIpc) is 2.70. The molecule has 4 aromatic rings. The minimum absolute atomic E-state index is 0. The molecule has 31 heavy (non-hydrogen) atoms. The van der Waals surface area contributed by atoms with Crippen LogP contribution in [0.15, 0.2) is 66.7 Å². The number of para-hydroxylation sites is 2. The Labute approximate surface area is 202 Å². The summed E-state index contributed by atoms with van der Waals surface area (Å²) in [5, 5.41) is 5.43. The number of rotatable bonds is 7. The van der Waals surface area contributed by atoms with Crippen LogP contribution in [0.5, 0.6) is 0 Å². The molecule has 154 valence electrons. The molecule has 0 aliphatic carbocycles. The van der Waals surface area contributed by atoms with Crippen LogP contribution in [0, 0.1) is 0 Å². The number of nitrogens with two attached hydrogens (primary N) is 1. The van der Waals surface area contributed by atoms with Gasteiger partial charge in [-0.2, -0.15) is 0 Å². The van der Waals surface area contributed by atoms with Gasteiger partial charge in [-0.15, -0.1) is 0 Å². The molecule has 3 aromatic carbocycles. The number of nitrogen functional groups attached to an aromatic ring is 1. The number of ether oxygens (including phenoxy) is 1. The van der Waals surface area contributed by atoms with Gasteiger partial charge in [0, 0.05) is 22.1 Å². The van der Waals surface area contributed by atoms with Crippen LogP contribution in [-0.4, -0.2) is 30.3 Å². The van der Waals surface area contributed by atoms with E-state index in [1.54, 1.807) is 6.07 Å². The van der Waals surface area contributed by atoms with Gasteiger partial charge in [-0.05, 0) is 35.9 Å². The van der Waals surface area contributed by atoms with E-state index in [9.17, 15) is 13.0 Å². The maximum atomic E-state index is 10.7. The third-order valence-corrected chi connectivity index (χ3v) is 5.29. The molecule has 0 aliphatic rings. The number of aromatic nitrogens is 1. The van der Waals surface area contributed by atoms with Crippen LogP contribution in [0.4, 0.5) is 17.1 Å². The topological polar surface area (TPSA) is 117 Å². The van der Waals surface area contributed by atoms with Crippen molar-refractivity contribution in [3.8, 4) is 0 Å². The van der Waals surface area contributed by atoms with Gasteiger partial charge in [0.15, 0.2) is 0 Å². The van der Waals surface area contributed by atoms with Crippen molar-refractivity contribution in [2.45, 2.75) is 6.61 Å². The summed E-state index contributed by atoms with van der Waals surface area (Å²) in [5.74, 6) is -0.560. The summed E-state index contributed by atoms with van der Waals surface area (Å²) in [6.45, 7) is -0.0178.